The summed E-state index contributed by atoms with van der Waals surface area (Å²) in [6, 6.07) is 5.99. The Labute approximate surface area is 84.9 Å². The van der Waals surface area contributed by atoms with E-state index in [9.17, 15) is 0 Å². The Morgan fingerprint density at radius 2 is 1.77 bits per heavy atom. The molecule has 1 unspecified atom stereocenters. The fraction of sp³-hybridized carbons (Fsp3) is 0.455. The van der Waals surface area contributed by atoms with E-state index in [-0.39, 0.29) is 6.04 Å². The molecule has 0 aromatic heterocycles. The van der Waals surface area contributed by atoms with Gasteiger partial charge in [-0.2, -0.15) is 0 Å². The number of hydrogen-bond acceptors (Lipinski definition) is 1. The lowest BCUT2D eigenvalue weighted by molar-refractivity contribution is 0.765. The fourth-order valence-electron chi connectivity index (χ4n) is 1.47. The van der Waals surface area contributed by atoms with Crippen LogP contribution in [0.25, 0.3) is 0 Å². The minimum Gasteiger partial charge on any atom is -0.324 e. The van der Waals surface area contributed by atoms with E-state index >= 15 is 0 Å². The number of nitrogens with two attached hydrogens (primary N) is 1. The van der Waals surface area contributed by atoms with Crippen molar-refractivity contribution in [1.29, 1.82) is 0 Å². The van der Waals surface area contributed by atoms with Crippen LogP contribution in [-0.4, -0.2) is 0 Å². The van der Waals surface area contributed by atoms with Crippen molar-refractivity contribution in [3.63, 3.8) is 0 Å². The van der Waals surface area contributed by atoms with Gasteiger partial charge in [-0.25, -0.2) is 0 Å². The summed E-state index contributed by atoms with van der Waals surface area (Å²) in [5.74, 6) is 0.498. The normalized spacial score (nSPS) is 13.4. The van der Waals surface area contributed by atoms with Crippen LogP contribution in [0.3, 0.4) is 0 Å². The third-order valence-corrected chi connectivity index (χ3v) is 2.40. The number of hydrogen-bond donors (Lipinski definition) is 1. The Kier molecular flexibility index (Phi) is 3.34. The molecule has 2 heteroatoms. The summed E-state index contributed by atoms with van der Waals surface area (Å²) in [6.45, 7) is 6.31. The van der Waals surface area contributed by atoms with E-state index < -0.39 is 0 Å². The summed E-state index contributed by atoms with van der Waals surface area (Å²) in [6.07, 6.45) is 0. The first-order valence-electron chi connectivity index (χ1n) is 4.57. The maximum absolute atomic E-state index is 5.91. The molecule has 1 rings (SSSR count). The molecular formula is C11H16ClN. The van der Waals surface area contributed by atoms with Crippen molar-refractivity contribution in [3.05, 3.63) is 34.3 Å². The summed E-state index contributed by atoms with van der Waals surface area (Å²) >= 11 is 5.91. The SMILES string of the molecule is CC(C)c1ccc(Cl)cc1C(C)N. The van der Waals surface area contributed by atoms with Crippen LogP contribution in [0.2, 0.25) is 5.02 Å². The Hall–Kier alpha value is -0.530. The average Bonchev–Trinajstić information content (AvgIpc) is 2.03. The minimum absolute atomic E-state index is 0.0519. The van der Waals surface area contributed by atoms with Crippen molar-refractivity contribution in [2.45, 2.75) is 32.7 Å². The molecule has 1 aromatic rings. The predicted molar refractivity (Wildman–Crippen MR) is 58.1 cm³/mol. The van der Waals surface area contributed by atoms with Gasteiger partial charge in [0.05, 0.1) is 0 Å². The van der Waals surface area contributed by atoms with Crippen molar-refractivity contribution < 1.29 is 0 Å². The van der Waals surface area contributed by atoms with Crippen LogP contribution in [0.4, 0.5) is 0 Å². The standard InChI is InChI=1S/C11H16ClN/c1-7(2)10-5-4-9(12)6-11(10)8(3)13/h4-8H,13H2,1-3H3. The van der Waals surface area contributed by atoms with Gasteiger partial charge in [0.2, 0.25) is 0 Å². The van der Waals surface area contributed by atoms with Crippen LogP contribution in [0.5, 0.6) is 0 Å². The van der Waals surface area contributed by atoms with Gasteiger partial charge in [-0.05, 0) is 36.1 Å². The van der Waals surface area contributed by atoms with Crippen LogP contribution >= 0.6 is 11.6 Å². The van der Waals surface area contributed by atoms with Gasteiger partial charge < -0.3 is 5.73 Å². The van der Waals surface area contributed by atoms with Gasteiger partial charge in [-0.1, -0.05) is 31.5 Å². The van der Waals surface area contributed by atoms with Crippen LogP contribution in [0.15, 0.2) is 18.2 Å². The van der Waals surface area contributed by atoms with Gasteiger partial charge in [0.15, 0.2) is 0 Å². The lowest BCUT2D eigenvalue weighted by Crippen LogP contribution is -2.09. The highest BCUT2D eigenvalue weighted by atomic mass is 35.5. The van der Waals surface area contributed by atoms with E-state index in [1.54, 1.807) is 0 Å². The van der Waals surface area contributed by atoms with Crippen LogP contribution in [-0.2, 0) is 0 Å². The zero-order chi connectivity index (χ0) is 10.0. The molecule has 72 valence electrons. The largest absolute Gasteiger partial charge is 0.324 e. The third-order valence-electron chi connectivity index (χ3n) is 2.16. The van der Waals surface area contributed by atoms with Crippen LogP contribution in [0.1, 0.15) is 43.9 Å². The van der Waals surface area contributed by atoms with Gasteiger partial charge in [-0.3, -0.25) is 0 Å². The molecule has 0 aliphatic heterocycles. The quantitative estimate of drug-likeness (QED) is 0.772. The van der Waals surface area contributed by atoms with Gasteiger partial charge in [0.25, 0.3) is 0 Å². The molecule has 0 heterocycles. The lowest BCUT2D eigenvalue weighted by atomic mass is 9.94. The van der Waals surface area contributed by atoms with Crippen molar-refractivity contribution in [1.82, 2.24) is 0 Å². The molecule has 1 atom stereocenters. The Morgan fingerprint density at radius 1 is 1.15 bits per heavy atom. The highest BCUT2D eigenvalue weighted by Gasteiger charge is 2.09. The van der Waals surface area contributed by atoms with E-state index in [1.807, 2.05) is 19.1 Å². The van der Waals surface area contributed by atoms with Crippen molar-refractivity contribution in [3.8, 4) is 0 Å². The second-order valence-electron chi connectivity index (χ2n) is 3.72. The summed E-state index contributed by atoms with van der Waals surface area (Å²) < 4.78 is 0. The maximum Gasteiger partial charge on any atom is 0.0409 e. The summed E-state index contributed by atoms with van der Waals surface area (Å²) in [5.41, 5.74) is 8.31. The first-order chi connectivity index (χ1) is 6.02. The highest BCUT2D eigenvalue weighted by molar-refractivity contribution is 6.30. The molecular weight excluding hydrogens is 182 g/mol. The molecule has 0 aliphatic rings. The first-order valence-corrected chi connectivity index (χ1v) is 4.95. The molecule has 0 amide bonds. The molecule has 1 nitrogen and oxygen atoms in total. The molecule has 13 heavy (non-hydrogen) atoms. The fourth-order valence-corrected chi connectivity index (χ4v) is 1.65. The third kappa shape index (κ3) is 2.45. The molecule has 0 saturated heterocycles. The lowest BCUT2D eigenvalue weighted by Gasteiger charge is -2.15. The van der Waals surface area contributed by atoms with Gasteiger partial charge in [-0.15, -0.1) is 0 Å². The zero-order valence-electron chi connectivity index (χ0n) is 8.34. The smallest absolute Gasteiger partial charge is 0.0409 e. The molecule has 2 N–H and O–H groups in total. The highest BCUT2D eigenvalue weighted by Crippen LogP contribution is 2.26. The molecule has 0 saturated carbocycles. The van der Waals surface area contributed by atoms with E-state index in [2.05, 4.69) is 19.9 Å². The minimum atomic E-state index is 0.0519. The second kappa shape index (κ2) is 4.12. The average molecular weight is 198 g/mol. The number of benzene rings is 1. The molecule has 0 fully saturated rings. The van der Waals surface area contributed by atoms with E-state index in [1.165, 1.54) is 5.56 Å². The molecule has 1 aromatic carbocycles. The molecule has 0 aliphatic carbocycles. The predicted octanol–water partition coefficient (Wildman–Crippen LogP) is 3.48. The van der Waals surface area contributed by atoms with Crippen LogP contribution < -0.4 is 5.73 Å². The van der Waals surface area contributed by atoms with E-state index in [0.717, 1.165) is 10.6 Å². The summed E-state index contributed by atoms with van der Waals surface area (Å²) in [7, 11) is 0. The Morgan fingerprint density at radius 3 is 2.23 bits per heavy atom. The molecule has 0 spiro atoms. The summed E-state index contributed by atoms with van der Waals surface area (Å²) in [5, 5.41) is 0.761. The summed E-state index contributed by atoms with van der Waals surface area (Å²) in [4.78, 5) is 0. The topological polar surface area (TPSA) is 26.0 Å². The molecule has 0 bridgehead atoms. The van der Waals surface area contributed by atoms with E-state index in [0.29, 0.717) is 5.92 Å². The maximum atomic E-state index is 5.91. The van der Waals surface area contributed by atoms with E-state index in [4.69, 9.17) is 17.3 Å². The van der Waals surface area contributed by atoms with Gasteiger partial charge >= 0.3 is 0 Å². The van der Waals surface area contributed by atoms with Gasteiger partial charge in [0, 0.05) is 11.1 Å². The molecule has 0 radical (unpaired) electrons. The van der Waals surface area contributed by atoms with Gasteiger partial charge in [0.1, 0.15) is 0 Å². The van der Waals surface area contributed by atoms with Crippen molar-refractivity contribution >= 4 is 11.6 Å². The van der Waals surface area contributed by atoms with Crippen molar-refractivity contribution in [2.75, 3.05) is 0 Å². The second-order valence-corrected chi connectivity index (χ2v) is 4.15. The van der Waals surface area contributed by atoms with Crippen LogP contribution in [0, 0.1) is 0 Å². The van der Waals surface area contributed by atoms with Crippen molar-refractivity contribution in [2.24, 2.45) is 5.73 Å². The number of halogens is 1. The Balaban J connectivity index is 3.19. The number of rotatable bonds is 2. The zero-order valence-corrected chi connectivity index (χ0v) is 9.10. The Bertz CT molecular complexity index is 292. The first kappa shape index (κ1) is 10.6. The monoisotopic (exact) mass is 197 g/mol.